The van der Waals surface area contributed by atoms with E-state index in [1.807, 2.05) is 20.8 Å². The number of aliphatic hydroxyl groups is 2. The van der Waals surface area contributed by atoms with Gasteiger partial charge in [0.15, 0.2) is 0 Å². The predicted molar refractivity (Wildman–Crippen MR) is 144 cm³/mol. The second kappa shape index (κ2) is 13.8. The zero-order valence-corrected chi connectivity index (χ0v) is 23.7. The normalized spacial score (nSPS) is 27.6. The second-order valence-electron chi connectivity index (χ2n) is 12.0. The van der Waals surface area contributed by atoms with Gasteiger partial charge in [-0.2, -0.15) is 0 Å². The van der Waals surface area contributed by atoms with Gasteiger partial charge in [-0.05, 0) is 75.7 Å². The molecule has 0 radical (unpaired) electrons. The van der Waals surface area contributed by atoms with Crippen LogP contribution in [0.15, 0.2) is 23.8 Å². The number of fused-ring (bicyclic) bond motifs is 1. The van der Waals surface area contributed by atoms with Crippen molar-refractivity contribution in [3.63, 3.8) is 0 Å². The zero-order chi connectivity index (χ0) is 27.0. The summed E-state index contributed by atoms with van der Waals surface area (Å²) in [6.45, 7) is 13.0. The molecule has 0 spiro atoms. The molecule has 0 aliphatic heterocycles. The summed E-state index contributed by atoms with van der Waals surface area (Å²) in [5.41, 5.74) is 0.726. The number of allylic oxidation sites excluding steroid dienone is 3. The number of hydrogen-bond acceptors (Lipinski definition) is 5. The molecule has 2 aliphatic rings. The molecule has 2 rings (SSSR count). The molecule has 0 aromatic rings. The van der Waals surface area contributed by atoms with Crippen LogP contribution >= 0.6 is 0 Å². The Kier molecular flexibility index (Phi) is 11.7. The second-order valence-corrected chi connectivity index (χ2v) is 12.0. The number of amides is 1. The van der Waals surface area contributed by atoms with Crippen LogP contribution in [0.5, 0.6) is 0 Å². The Morgan fingerprint density at radius 3 is 2.53 bits per heavy atom. The van der Waals surface area contributed by atoms with Crippen molar-refractivity contribution in [1.29, 1.82) is 0 Å². The van der Waals surface area contributed by atoms with E-state index in [1.54, 1.807) is 11.9 Å². The van der Waals surface area contributed by atoms with Crippen molar-refractivity contribution >= 4 is 11.9 Å². The van der Waals surface area contributed by atoms with Crippen molar-refractivity contribution in [3.05, 3.63) is 23.8 Å². The first-order valence-corrected chi connectivity index (χ1v) is 14.1. The van der Waals surface area contributed by atoms with E-state index in [-0.39, 0.29) is 42.7 Å². The fourth-order valence-electron chi connectivity index (χ4n) is 5.44. The molecule has 0 fully saturated rings. The molecule has 0 saturated heterocycles. The number of rotatable bonds is 13. The molecule has 0 unspecified atom stereocenters. The first-order valence-electron chi connectivity index (χ1n) is 14.1. The minimum atomic E-state index is -0.851. The first-order chi connectivity index (χ1) is 16.9. The summed E-state index contributed by atoms with van der Waals surface area (Å²) in [5.74, 6) is 0.771. The van der Waals surface area contributed by atoms with E-state index in [4.69, 9.17) is 4.74 Å². The summed E-state index contributed by atoms with van der Waals surface area (Å²) in [4.78, 5) is 26.9. The number of ether oxygens (including phenoxy) is 1. The number of unbranched alkanes of at least 4 members (excludes halogenated alkanes) is 1. The van der Waals surface area contributed by atoms with Crippen LogP contribution in [-0.4, -0.2) is 58.9 Å². The van der Waals surface area contributed by atoms with Gasteiger partial charge in [-0.25, -0.2) is 0 Å². The number of carbonyl (C=O) groups excluding carboxylic acids is 2. The van der Waals surface area contributed by atoms with E-state index in [0.29, 0.717) is 24.8 Å². The molecule has 6 nitrogen and oxygen atoms in total. The first kappa shape index (κ1) is 30.6. The summed E-state index contributed by atoms with van der Waals surface area (Å²) in [6.07, 6.45) is 10.1. The molecule has 1 amide bonds. The largest absolute Gasteiger partial charge is 0.461 e. The highest BCUT2D eigenvalue weighted by atomic mass is 16.5. The summed E-state index contributed by atoms with van der Waals surface area (Å²) < 4.78 is 6.17. The number of nitrogens with zero attached hydrogens (tertiary/aromatic N) is 1. The van der Waals surface area contributed by atoms with Crippen molar-refractivity contribution in [1.82, 2.24) is 4.90 Å². The molecule has 0 bridgehead atoms. The molecule has 0 aromatic carbocycles. The Hall–Kier alpha value is -1.66. The number of hydrogen-bond donors (Lipinski definition) is 2. The van der Waals surface area contributed by atoms with Gasteiger partial charge in [0, 0.05) is 19.5 Å². The fourth-order valence-corrected chi connectivity index (χ4v) is 5.44. The van der Waals surface area contributed by atoms with Crippen LogP contribution in [0.4, 0.5) is 0 Å². The summed E-state index contributed by atoms with van der Waals surface area (Å²) in [6, 6.07) is 0. The lowest BCUT2D eigenvalue weighted by Gasteiger charge is -2.44. The van der Waals surface area contributed by atoms with Crippen LogP contribution in [0.2, 0.25) is 0 Å². The number of carbonyl (C=O) groups is 2. The standard InChI is InChI=1S/C30H51NO5/c1-8-10-15-31(7)27(34)19-24(33)18-23(32)13-14-25-21(4)11-12-22-16-20(3)17-26(28(22)25)36-29(35)30(5,6)9-2/h11-12,16,20-21,23-26,28,32-33H,8-10,13-15,17-19H2,1-7H3/t20-,21-,23+,24+,25-,26-,28-/m0/s1. The average Bonchev–Trinajstić information content (AvgIpc) is 2.81. The summed E-state index contributed by atoms with van der Waals surface area (Å²) >= 11 is 0. The Bertz CT molecular complexity index is 788. The SMILES string of the molecule is CCCCN(C)C(=O)C[C@H](O)C[C@H](O)CC[C@@H]1[C@@H]2C(=C[C@H](C)C[C@@H]2OC(=O)C(C)(C)CC)C=C[C@@H]1C. The lowest BCUT2D eigenvalue weighted by atomic mass is 9.65. The maximum absolute atomic E-state index is 13.0. The minimum absolute atomic E-state index is 0.0402. The summed E-state index contributed by atoms with van der Waals surface area (Å²) in [5, 5.41) is 21.1. The highest BCUT2D eigenvalue weighted by Crippen LogP contribution is 2.45. The third-order valence-electron chi connectivity index (χ3n) is 8.35. The van der Waals surface area contributed by atoms with Gasteiger partial charge in [-0.3, -0.25) is 9.59 Å². The molecular weight excluding hydrogens is 454 g/mol. The Balaban J connectivity index is 2.01. The van der Waals surface area contributed by atoms with Gasteiger partial charge in [-0.1, -0.05) is 52.3 Å². The van der Waals surface area contributed by atoms with Crippen molar-refractivity contribution in [2.24, 2.45) is 29.1 Å². The average molecular weight is 506 g/mol. The lowest BCUT2D eigenvalue weighted by Crippen LogP contribution is -2.43. The van der Waals surface area contributed by atoms with Crippen LogP contribution in [0.1, 0.15) is 92.9 Å². The quantitative estimate of drug-likeness (QED) is 0.333. The van der Waals surface area contributed by atoms with Crippen LogP contribution in [0.25, 0.3) is 0 Å². The Morgan fingerprint density at radius 2 is 1.89 bits per heavy atom. The third kappa shape index (κ3) is 8.44. The van der Waals surface area contributed by atoms with Gasteiger partial charge >= 0.3 is 5.97 Å². The van der Waals surface area contributed by atoms with Gasteiger partial charge in [0.2, 0.25) is 5.91 Å². The Labute approximate surface area is 219 Å². The molecule has 6 heteroatoms. The van der Waals surface area contributed by atoms with E-state index in [2.05, 4.69) is 39.0 Å². The van der Waals surface area contributed by atoms with E-state index < -0.39 is 17.6 Å². The smallest absolute Gasteiger partial charge is 0.311 e. The highest BCUT2D eigenvalue weighted by Gasteiger charge is 2.42. The highest BCUT2D eigenvalue weighted by molar-refractivity contribution is 5.76. The molecule has 0 aromatic heterocycles. The maximum Gasteiger partial charge on any atom is 0.311 e. The minimum Gasteiger partial charge on any atom is -0.461 e. The molecule has 0 saturated carbocycles. The molecular formula is C30H51NO5. The van der Waals surface area contributed by atoms with Gasteiger partial charge in [0.25, 0.3) is 0 Å². The lowest BCUT2D eigenvalue weighted by molar-refractivity contribution is -0.164. The zero-order valence-electron chi connectivity index (χ0n) is 23.7. The van der Waals surface area contributed by atoms with E-state index in [1.165, 1.54) is 5.57 Å². The number of esters is 1. The van der Waals surface area contributed by atoms with Crippen LogP contribution in [0, 0.1) is 29.1 Å². The van der Waals surface area contributed by atoms with Crippen molar-refractivity contribution < 1.29 is 24.5 Å². The molecule has 2 N–H and O–H groups in total. The van der Waals surface area contributed by atoms with Gasteiger partial charge in [0.05, 0.1) is 24.0 Å². The molecule has 206 valence electrons. The van der Waals surface area contributed by atoms with Crippen LogP contribution in [-0.2, 0) is 14.3 Å². The van der Waals surface area contributed by atoms with Gasteiger partial charge in [0.1, 0.15) is 6.10 Å². The molecule has 2 aliphatic carbocycles. The maximum atomic E-state index is 13.0. The van der Waals surface area contributed by atoms with Crippen molar-refractivity contribution in [2.45, 2.75) is 111 Å². The number of aliphatic hydroxyl groups excluding tert-OH is 2. The van der Waals surface area contributed by atoms with E-state index >= 15 is 0 Å². The Morgan fingerprint density at radius 1 is 1.19 bits per heavy atom. The monoisotopic (exact) mass is 505 g/mol. The van der Waals surface area contributed by atoms with Gasteiger partial charge < -0.3 is 19.8 Å². The molecule has 0 heterocycles. The molecule has 7 atom stereocenters. The van der Waals surface area contributed by atoms with E-state index in [0.717, 1.165) is 32.1 Å². The van der Waals surface area contributed by atoms with Gasteiger partial charge in [-0.15, -0.1) is 0 Å². The topological polar surface area (TPSA) is 87.1 Å². The van der Waals surface area contributed by atoms with Crippen LogP contribution < -0.4 is 0 Å². The van der Waals surface area contributed by atoms with Crippen molar-refractivity contribution in [2.75, 3.05) is 13.6 Å². The molecule has 36 heavy (non-hydrogen) atoms. The fraction of sp³-hybridized carbons (Fsp3) is 0.800. The predicted octanol–water partition coefficient (Wildman–Crippen LogP) is 5.28. The van der Waals surface area contributed by atoms with Crippen molar-refractivity contribution in [3.8, 4) is 0 Å². The summed E-state index contributed by atoms with van der Waals surface area (Å²) in [7, 11) is 1.76. The van der Waals surface area contributed by atoms with Crippen LogP contribution in [0.3, 0.4) is 0 Å². The third-order valence-corrected chi connectivity index (χ3v) is 8.35. The van der Waals surface area contributed by atoms with E-state index in [9.17, 15) is 19.8 Å².